The average molecular weight is 401 g/mol. The van der Waals surface area contributed by atoms with E-state index in [1.54, 1.807) is 17.8 Å². The lowest BCUT2D eigenvalue weighted by molar-refractivity contribution is -0.132. The van der Waals surface area contributed by atoms with Gasteiger partial charge in [-0.1, -0.05) is 18.2 Å². The lowest BCUT2D eigenvalue weighted by Crippen LogP contribution is -2.27. The third-order valence-corrected chi connectivity index (χ3v) is 5.76. The molecule has 0 N–H and O–H groups in total. The molecule has 3 rings (SSSR count). The number of benzene rings is 2. The molecule has 0 bridgehead atoms. The number of nitrogens with zero attached hydrogens (tertiary/aromatic N) is 2. The van der Waals surface area contributed by atoms with Crippen molar-refractivity contribution in [3.63, 3.8) is 0 Å². The van der Waals surface area contributed by atoms with Crippen LogP contribution in [0.2, 0.25) is 0 Å². The number of hydrogen-bond donors (Lipinski definition) is 0. The highest BCUT2D eigenvalue weighted by Gasteiger charge is 2.33. The minimum absolute atomic E-state index is 0.106. The Morgan fingerprint density at radius 2 is 1.89 bits per heavy atom. The van der Waals surface area contributed by atoms with Crippen molar-refractivity contribution in [2.75, 3.05) is 31.9 Å². The number of methoxy groups -OCH3 is 1. The molecule has 2 aromatic carbocycles. The molecule has 2 aromatic rings. The molecule has 0 aromatic heterocycles. The van der Waals surface area contributed by atoms with E-state index in [0.717, 1.165) is 16.8 Å². The third-order valence-electron chi connectivity index (χ3n) is 4.50. The highest BCUT2D eigenvalue weighted by molar-refractivity contribution is 8.00. The molecule has 1 heterocycles. The smallest absolute Gasteiger partial charge is 0.308 e. The van der Waals surface area contributed by atoms with E-state index in [4.69, 9.17) is 9.47 Å². The van der Waals surface area contributed by atoms with Gasteiger partial charge < -0.3 is 19.3 Å². The summed E-state index contributed by atoms with van der Waals surface area (Å²) >= 11 is 1.58. The summed E-state index contributed by atoms with van der Waals surface area (Å²) in [6.07, 6.45) is 0. The van der Waals surface area contributed by atoms with Gasteiger partial charge in [0.2, 0.25) is 5.91 Å². The number of carbonyl (C=O) groups excluding carboxylic acids is 2. The van der Waals surface area contributed by atoms with Gasteiger partial charge in [-0.25, -0.2) is 0 Å². The first-order chi connectivity index (χ1) is 13.4. The van der Waals surface area contributed by atoms with E-state index in [-0.39, 0.29) is 11.3 Å². The van der Waals surface area contributed by atoms with Crippen LogP contribution in [0.3, 0.4) is 0 Å². The number of thioether (sulfide) groups is 1. The van der Waals surface area contributed by atoms with Crippen molar-refractivity contribution in [2.45, 2.75) is 18.8 Å². The minimum atomic E-state index is -0.403. The summed E-state index contributed by atoms with van der Waals surface area (Å²) < 4.78 is 10.5. The van der Waals surface area contributed by atoms with Gasteiger partial charge in [0.05, 0.1) is 12.9 Å². The maximum absolute atomic E-state index is 12.5. The van der Waals surface area contributed by atoms with Gasteiger partial charge in [0, 0.05) is 33.3 Å². The van der Waals surface area contributed by atoms with E-state index in [1.807, 2.05) is 48.2 Å². The molecule has 7 heteroatoms. The summed E-state index contributed by atoms with van der Waals surface area (Å²) in [6, 6.07) is 13.6. The second kappa shape index (κ2) is 8.56. The molecular formula is C21H24N2O4S. The quantitative estimate of drug-likeness (QED) is 0.547. The average Bonchev–Trinajstić information content (AvgIpc) is 3.02. The Bertz CT molecular complexity index is 867. The molecule has 1 saturated heterocycles. The van der Waals surface area contributed by atoms with E-state index in [2.05, 4.69) is 12.1 Å². The van der Waals surface area contributed by atoms with Gasteiger partial charge in [0.1, 0.15) is 5.37 Å². The van der Waals surface area contributed by atoms with Gasteiger partial charge in [-0.15, -0.1) is 11.8 Å². The van der Waals surface area contributed by atoms with Gasteiger partial charge in [0.25, 0.3) is 0 Å². The molecule has 148 valence electrons. The van der Waals surface area contributed by atoms with Crippen LogP contribution in [0, 0.1) is 0 Å². The van der Waals surface area contributed by atoms with Crippen LogP contribution in [0.5, 0.6) is 11.5 Å². The van der Waals surface area contributed by atoms with Crippen LogP contribution >= 0.6 is 11.8 Å². The summed E-state index contributed by atoms with van der Waals surface area (Å²) in [5, 5.41) is -0.110. The van der Waals surface area contributed by atoms with Crippen LogP contribution in [0.1, 0.15) is 23.4 Å². The molecule has 1 unspecified atom stereocenters. The van der Waals surface area contributed by atoms with Crippen molar-refractivity contribution < 1.29 is 19.1 Å². The molecule has 1 fully saturated rings. The van der Waals surface area contributed by atoms with E-state index < -0.39 is 5.97 Å². The molecule has 0 radical (unpaired) electrons. The Balaban J connectivity index is 1.82. The Labute approximate surface area is 169 Å². The fraction of sp³-hybridized carbons (Fsp3) is 0.333. The highest BCUT2D eigenvalue weighted by atomic mass is 32.2. The van der Waals surface area contributed by atoms with Crippen LogP contribution in [-0.2, 0) is 16.1 Å². The van der Waals surface area contributed by atoms with Crippen LogP contribution in [0.15, 0.2) is 42.5 Å². The van der Waals surface area contributed by atoms with Crippen LogP contribution in [-0.4, -0.2) is 43.7 Å². The number of rotatable bonds is 6. The normalized spacial score (nSPS) is 16.2. The first kappa shape index (κ1) is 20.1. The van der Waals surface area contributed by atoms with E-state index in [9.17, 15) is 9.59 Å². The van der Waals surface area contributed by atoms with Crippen molar-refractivity contribution in [1.82, 2.24) is 4.90 Å². The molecular weight excluding hydrogens is 376 g/mol. The van der Waals surface area contributed by atoms with Crippen LogP contribution in [0.25, 0.3) is 0 Å². The molecule has 1 amide bonds. The first-order valence-corrected chi connectivity index (χ1v) is 9.97. The van der Waals surface area contributed by atoms with Gasteiger partial charge in [0.15, 0.2) is 11.5 Å². The van der Waals surface area contributed by atoms with Crippen molar-refractivity contribution in [1.29, 1.82) is 0 Å². The molecule has 1 aliphatic heterocycles. The van der Waals surface area contributed by atoms with Crippen molar-refractivity contribution >= 4 is 29.3 Å². The Kier molecular flexibility index (Phi) is 6.14. The van der Waals surface area contributed by atoms with Crippen molar-refractivity contribution in [3.05, 3.63) is 53.6 Å². The lowest BCUT2D eigenvalue weighted by atomic mass is 10.1. The van der Waals surface area contributed by atoms with Gasteiger partial charge in [-0.3, -0.25) is 9.59 Å². The molecule has 0 saturated carbocycles. The fourth-order valence-electron chi connectivity index (χ4n) is 3.07. The summed E-state index contributed by atoms with van der Waals surface area (Å²) in [5.74, 6) is 0.991. The fourth-order valence-corrected chi connectivity index (χ4v) is 4.25. The molecule has 0 aliphatic carbocycles. The van der Waals surface area contributed by atoms with Crippen LogP contribution in [0.4, 0.5) is 5.69 Å². The zero-order valence-corrected chi connectivity index (χ0v) is 17.3. The zero-order chi connectivity index (χ0) is 20.3. The monoisotopic (exact) mass is 400 g/mol. The molecule has 1 aliphatic rings. The minimum Gasteiger partial charge on any atom is -0.493 e. The number of carbonyl (C=O) groups is 2. The number of amides is 1. The number of anilines is 1. The lowest BCUT2D eigenvalue weighted by Gasteiger charge is -2.25. The Hall–Kier alpha value is -2.67. The zero-order valence-electron chi connectivity index (χ0n) is 16.5. The maximum atomic E-state index is 12.5. The largest absolute Gasteiger partial charge is 0.493 e. The molecule has 1 atom stereocenters. The number of esters is 1. The Morgan fingerprint density at radius 3 is 2.50 bits per heavy atom. The van der Waals surface area contributed by atoms with E-state index in [1.165, 1.54) is 14.0 Å². The standard InChI is InChI=1S/C21H24N2O4S/c1-14(24)27-18-10-7-16(11-19(18)26-4)21-23(20(25)13-28-21)12-15-5-8-17(9-6-15)22(2)3/h5-11,21H,12-13H2,1-4H3. The molecule has 28 heavy (non-hydrogen) atoms. The number of ether oxygens (including phenoxy) is 2. The third kappa shape index (κ3) is 4.42. The summed E-state index contributed by atoms with van der Waals surface area (Å²) in [4.78, 5) is 27.7. The predicted molar refractivity (Wildman–Crippen MR) is 111 cm³/mol. The molecule has 0 spiro atoms. The first-order valence-electron chi connectivity index (χ1n) is 8.92. The van der Waals surface area contributed by atoms with Crippen molar-refractivity contribution in [2.24, 2.45) is 0 Å². The summed E-state index contributed by atoms with van der Waals surface area (Å²) in [7, 11) is 5.53. The van der Waals surface area contributed by atoms with E-state index >= 15 is 0 Å². The second-order valence-corrected chi connectivity index (χ2v) is 7.82. The van der Waals surface area contributed by atoms with Gasteiger partial charge in [-0.05, 0) is 35.4 Å². The molecule has 6 nitrogen and oxygen atoms in total. The maximum Gasteiger partial charge on any atom is 0.308 e. The summed E-state index contributed by atoms with van der Waals surface area (Å²) in [6.45, 7) is 1.89. The number of hydrogen-bond acceptors (Lipinski definition) is 6. The topological polar surface area (TPSA) is 59.1 Å². The van der Waals surface area contributed by atoms with Gasteiger partial charge >= 0.3 is 5.97 Å². The van der Waals surface area contributed by atoms with Gasteiger partial charge in [-0.2, -0.15) is 0 Å². The van der Waals surface area contributed by atoms with E-state index in [0.29, 0.717) is 23.8 Å². The second-order valence-electron chi connectivity index (χ2n) is 6.75. The van der Waals surface area contributed by atoms with Crippen LogP contribution < -0.4 is 14.4 Å². The Morgan fingerprint density at radius 1 is 1.18 bits per heavy atom. The highest BCUT2D eigenvalue weighted by Crippen LogP contribution is 2.42. The summed E-state index contributed by atoms with van der Waals surface area (Å²) in [5.41, 5.74) is 3.14. The predicted octanol–water partition coefficient (Wildman–Crippen LogP) is 3.46. The van der Waals surface area contributed by atoms with Crippen molar-refractivity contribution in [3.8, 4) is 11.5 Å². The SMILES string of the molecule is COc1cc(C2SCC(=O)N2Cc2ccc(N(C)C)cc2)ccc1OC(C)=O.